The number of benzene rings is 1. The fourth-order valence-corrected chi connectivity index (χ4v) is 5.13. The summed E-state index contributed by atoms with van der Waals surface area (Å²) < 4.78 is 26.1. The van der Waals surface area contributed by atoms with Crippen molar-refractivity contribution >= 4 is 33.0 Å². The van der Waals surface area contributed by atoms with E-state index in [9.17, 15) is 18.0 Å². The van der Waals surface area contributed by atoms with Crippen molar-refractivity contribution in [2.24, 2.45) is 0 Å². The van der Waals surface area contributed by atoms with Crippen LogP contribution in [0.2, 0.25) is 0 Å². The van der Waals surface area contributed by atoms with Crippen LogP contribution in [0.1, 0.15) is 23.3 Å². The molecule has 2 amide bonds. The molecule has 0 fully saturated rings. The van der Waals surface area contributed by atoms with Gasteiger partial charge >= 0.3 is 11.8 Å². The molecule has 0 saturated carbocycles. The highest BCUT2D eigenvalue weighted by Gasteiger charge is 2.31. The summed E-state index contributed by atoms with van der Waals surface area (Å²) >= 11 is 1.12. The molecule has 1 atom stereocenters. The third kappa shape index (κ3) is 4.67. The first-order valence-electron chi connectivity index (χ1n) is 7.76. The molecule has 0 aliphatic rings. The highest BCUT2D eigenvalue weighted by molar-refractivity contribution is 7.93. The van der Waals surface area contributed by atoms with Crippen molar-refractivity contribution in [3.8, 4) is 0 Å². The van der Waals surface area contributed by atoms with Crippen LogP contribution in [0.5, 0.6) is 0 Å². The molecule has 0 aliphatic heterocycles. The Kier molecular flexibility index (Phi) is 6.33. The fraction of sp³-hybridized carbons (Fsp3) is 0.294. The minimum absolute atomic E-state index is 0.181. The second kappa shape index (κ2) is 8.26. The molecule has 0 spiro atoms. The van der Waals surface area contributed by atoms with Crippen molar-refractivity contribution in [3.05, 3.63) is 52.9 Å². The molecule has 0 aliphatic carbocycles. The van der Waals surface area contributed by atoms with Gasteiger partial charge in [-0.1, -0.05) is 35.9 Å². The van der Waals surface area contributed by atoms with Crippen LogP contribution < -0.4 is 10.6 Å². The topological polar surface area (TPSA) is 92.3 Å². The van der Waals surface area contributed by atoms with Gasteiger partial charge in [-0.2, -0.15) is 0 Å². The van der Waals surface area contributed by atoms with Gasteiger partial charge in [0.25, 0.3) is 0 Å². The van der Waals surface area contributed by atoms with E-state index in [2.05, 4.69) is 10.6 Å². The summed E-state index contributed by atoms with van der Waals surface area (Å²) in [6, 6.07) is 10.3. The van der Waals surface area contributed by atoms with Gasteiger partial charge in [0.15, 0.2) is 9.84 Å². The number of hydrogen-bond acceptors (Lipinski definition) is 5. The average molecular weight is 380 g/mol. The van der Waals surface area contributed by atoms with Gasteiger partial charge in [-0.3, -0.25) is 9.59 Å². The number of aryl methyl sites for hydroxylation is 1. The summed E-state index contributed by atoms with van der Waals surface area (Å²) in [5, 5.41) is 5.53. The number of carbonyl (C=O) groups excluding carboxylic acids is 2. The molecule has 2 aromatic rings. The Labute approximate surface area is 151 Å². The molecule has 1 aromatic carbocycles. The first kappa shape index (κ1) is 19.1. The van der Waals surface area contributed by atoms with E-state index < -0.39 is 26.9 Å². The minimum Gasteiger partial charge on any atom is -0.348 e. The van der Waals surface area contributed by atoms with Crippen molar-refractivity contribution in [2.45, 2.75) is 23.3 Å². The molecule has 2 rings (SSSR count). The summed E-state index contributed by atoms with van der Waals surface area (Å²) in [5.74, 6) is -1.63. The summed E-state index contributed by atoms with van der Waals surface area (Å²) in [6.45, 7) is 3.74. The number of sulfone groups is 1. The molecule has 134 valence electrons. The molecule has 8 heteroatoms. The van der Waals surface area contributed by atoms with Gasteiger partial charge in [-0.15, -0.1) is 11.3 Å². The van der Waals surface area contributed by atoms with Crippen LogP contribution in [0, 0.1) is 6.92 Å². The molecule has 1 aromatic heterocycles. The lowest BCUT2D eigenvalue weighted by molar-refractivity contribution is -0.139. The summed E-state index contributed by atoms with van der Waals surface area (Å²) in [7, 11) is -3.69. The van der Waals surface area contributed by atoms with Gasteiger partial charge in [0.2, 0.25) is 0 Å². The zero-order valence-corrected chi connectivity index (χ0v) is 15.6. The second-order valence-electron chi connectivity index (χ2n) is 5.45. The van der Waals surface area contributed by atoms with Crippen LogP contribution >= 0.6 is 11.3 Å². The highest BCUT2D eigenvalue weighted by atomic mass is 32.2. The highest BCUT2D eigenvalue weighted by Crippen LogP contribution is 2.31. The van der Waals surface area contributed by atoms with Crippen molar-refractivity contribution < 1.29 is 18.0 Å². The monoisotopic (exact) mass is 380 g/mol. The number of thiophene rings is 1. The van der Waals surface area contributed by atoms with Crippen LogP contribution in [-0.2, 0) is 19.4 Å². The van der Waals surface area contributed by atoms with E-state index in [1.807, 2.05) is 19.1 Å². The molecule has 0 radical (unpaired) electrons. The average Bonchev–Trinajstić information content (AvgIpc) is 3.12. The summed E-state index contributed by atoms with van der Waals surface area (Å²) in [6.07, 6.45) is 0. The molecular formula is C17H20N2O4S2. The van der Waals surface area contributed by atoms with E-state index in [4.69, 9.17) is 0 Å². The maximum Gasteiger partial charge on any atom is 0.309 e. The van der Waals surface area contributed by atoms with Crippen LogP contribution in [0.4, 0.5) is 0 Å². The van der Waals surface area contributed by atoms with E-state index in [0.29, 0.717) is 12.1 Å². The van der Waals surface area contributed by atoms with E-state index in [1.54, 1.807) is 30.5 Å². The van der Waals surface area contributed by atoms with E-state index in [0.717, 1.165) is 16.9 Å². The predicted octanol–water partition coefficient (Wildman–Crippen LogP) is 1.82. The van der Waals surface area contributed by atoms with Gasteiger partial charge in [0, 0.05) is 13.1 Å². The van der Waals surface area contributed by atoms with Crippen molar-refractivity contribution in [1.29, 1.82) is 0 Å². The Morgan fingerprint density at radius 2 is 1.72 bits per heavy atom. The predicted molar refractivity (Wildman–Crippen MR) is 97.1 cm³/mol. The van der Waals surface area contributed by atoms with E-state index in [-0.39, 0.29) is 10.8 Å². The standard InChI is InChI=1S/C17H20N2O4S2/c1-3-18-16(20)17(21)19-11-14(13-8-6-12(2)7-9-13)25(22,23)15-5-4-10-24-15/h4-10,14H,3,11H2,1-2H3,(H,18,20)(H,19,21)/t14-/m1/s1. The molecule has 2 N–H and O–H groups in total. The lowest BCUT2D eigenvalue weighted by atomic mass is 10.1. The molecule has 25 heavy (non-hydrogen) atoms. The first-order valence-corrected chi connectivity index (χ1v) is 10.2. The molecular weight excluding hydrogens is 360 g/mol. The second-order valence-corrected chi connectivity index (χ2v) is 8.75. The number of nitrogens with one attached hydrogen (secondary N) is 2. The number of rotatable bonds is 6. The fourth-order valence-electron chi connectivity index (χ4n) is 2.26. The SMILES string of the molecule is CCNC(=O)C(=O)NC[C@H](c1ccc(C)cc1)S(=O)(=O)c1cccs1. The van der Waals surface area contributed by atoms with Gasteiger partial charge in [0.05, 0.1) is 0 Å². The smallest absolute Gasteiger partial charge is 0.309 e. The summed E-state index contributed by atoms with van der Waals surface area (Å²) in [5.41, 5.74) is 1.57. The molecule has 6 nitrogen and oxygen atoms in total. The Bertz CT molecular complexity index is 828. The normalized spacial score (nSPS) is 12.4. The number of carbonyl (C=O) groups is 2. The van der Waals surface area contributed by atoms with E-state index in [1.165, 1.54) is 6.07 Å². The third-order valence-electron chi connectivity index (χ3n) is 3.59. The van der Waals surface area contributed by atoms with Gasteiger partial charge in [-0.25, -0.2) is 8.42 Å². The van der Waals surface area contributed by atoms with Crippen LogP contribution in [-0.4, -0.2) is 33.3 Å². The lowest BCUT2D eigenvalue weighted by Gasteiger charge is -2.18. The zero-order chi connectivity index (χ0) is 18.4. The quantitative estimate of drug-likeness (QED) is 0.748. The maximum atomic E-state index is 12.9. The van der Waals surface area contributed by atoms with Gasteiger partial charge < -0.3 is 10.6 Å². The van der Waals surface area contributed by atoms with Crippen LogP contribution in [0.3, 0.4) is 0 Å². The Morgan fingerprint density at radius 3 is 2.28 bits per heavy atom. The molecule has 0 bridgehead atoms. The van der Waals surface area contributed by atoms with Crippen molar-refractivity contribution in [3.63, 3.8) is 0 Å². The van der Waals surface area contributed by atoms with Crippen LogP contribution in [0.15, 0.2) is 46.0 Å². The Morgan fingerprint density at radius 1 is 1.08 bits per heavy atom. The van der Waals surface area contributed by atoms with Gasteiger partial charge in [-0.05, 0) is 30.9 Å². The largest absolute Gasteiger partial charge is 0.348 e. The van der Waals surface area contributed by atoms with Gasteiger partial charge in [0.1, 0.15) is 9.46 Å². The Hall–Kier alpha value is -2.19. The van der Waals surface area contributed by atoms with Crippen molar-refractivity contribution in [2.75, 3.05) is 13.1 Å². The Balaban J connectivity index is 2.29. The number of hydrogen-bond donors (Lipinski definition) is 2. The van der Waals surface area contributed by atoms with E-state index >= 15 is 0 Å². The molecule has 0 unspecified atom stereocenters. The maximum absolute atomic E-state index is 12.9. The van der Waals surface area contributed by atoms with Crippen LogP contribution in [0.25, 0.3) is 0 Å². The third-order valence-corrected chi connectivity index (χ3v) is 7.12. The minimum atomic E-state index is -3.69. The molecule has 1 heterocycles. The zero-order valence-electron chi connectivity index (χ0n) is 14.0. The van der Waals surface area contributed by atoms with Crippen molar-refractivity contribution in [1.82, 2.24) is 10.6 Å². The number of amides is 2. The first-order chi connectivity index (χ1) is 11.9. The summed E-state index contributed by atoms with van der Waals surface area (Å²) in [4.78, 5) is 23.4. The molecule has 0 saturated heterocycles. The number of likely N-dealkylation sites (N-methyl/N-ethyl adjacent to an activating group) is 1. The lowest BCUT2D eigenvalue weighted by Crippen LogP contribution is -2.42.